The Morgan fingerprint density at radius 1 is 1.26 bits per heavy atom. The number of phenols is 2. The zero-order valence-electron chi connectivity index (χ0n) is 15.8. The molecule has 0 aliphatic carbocycles. The molecular formula is C19H15F5N2O4S. The van der Waals surface area contributed by atoms with Crippen molar-refractivity contribution < 1.29 is 41.6 Å². The van der Waals surface area contributed by atoms with Crippen molar-refractivity contribution in [3.63, 3.8) is 0 Å². The van der Waals surface area contributed by atoms with Crippen molar-refractivity contribution in [2.24, 2.45) is 0 Å². The third-order valence-corrected chi connectivity index (χ3v) is 5.52. The summed E-state index contributed by atoms with van der Waals surface area (Å²) in [5.41, 5.74) is -1.95. The molecule has 3 rings (SSSR count). The van der Waals surface area contributed by atoms with Crippen LogP contribution in [0, 0.1) is 17.1 Å². The Morgan fingerprint density at radius 3 is 2.58 bits per heavy atom. The van der Waals surface area contributed by atoms with Crippen molar-refractivity contribution in [2.75, 3.05) is 20.3 Å². The highest BCUT2D eigenvalue weighted by Gasteiger charge is 2.53. The van der Waals surface area contributed by atoms with Crippen molar-refractivity contribution >= 4 is 11.8 Å². The van der Waals surface area contributed by atoms with Crippen molar-refractivity contribution in [1.29, 1.82) is 5.26 Å². The molecule has 0 saturated heterocycles. The third-order valence-electron chi connectivity index (χ3n) is 4.39. The number of hydrogen-bond acceptors (Lipinski definition) is 7. The van der Waals surface area contributed by atoms with Crippen LogP contribution in [0.3, 0.4) is 0 Å². The summed E-state index contributed by atoms with van der Waals surface area (Å²) >= 11 is -0.183. The second-order valence-corrected chi connectivity index (χ2v) is 7.57. The van der Waals surface area contributed by atoms with Gasteiger partial charge in [0.1, 0.15) is 17.6 Å². The van der Waals surface area contributed by atoms with Gasteiger partial charge in [-0.1, -0.05) is 0 Å². The van der Waals surface area contributed by atoms with Crippen molar-refractivity contribution in [3.05, 3.63) is 40.7 Å². The smallest absolute Gasteiger partial charge is 0.317 e. The van der Waals surface area contributed by atoms with Gasteiger partial charge in [-0.2, -0.15) is 14.0 Å². The first kappa shape index (κ1) is 22.9. The van der Waals surface area contributed by atoms with Crippen LogP contribution >= 0.6 is 11.8 Å². The van der Waals surface area contributed by atoms with E-state index < -0.39 is 62.6 Å². The predicted molar refractivity (Wildman–Crippen MR) is 99.3 cm³/mol. The van der Waals surface area contributed by atoms with E-state index in [4.69, 9.17) is 14.7 Å². The van der Waals surface area contributed by atoms with E-state index in [2.05, 4.69) is 5.32 Å². The zero-order chi connectivity index (χ0) is 22.9. The first-order chi connectivity index (χ1) is 14.6. The molecule has 0 amide bonds. The van der Waals surface area contributed by atoms with E-state index in [0.29, 0.717) is 0 Å². The Bertz CT molecular complexity index is 1050. The van der Waals surface area contributed by atoms with Gasteiger partial charge in [0.25, 0.3) is 6.43 Å². The van der Waals surface area contributed by atoms with E-state index in [1.165, 1.54) is 7.11 Å². The molecule has 1 atom stereocenters. The molecule has 166 valence electrons. The summed E-state index contributed by atoms with van der Waals surface area (Å²) in [4.78, 5) is -0.628. The molecule has 6 nitrogen and oxygen atoms in total. The summed E-state index contributed by atoms with van der Waals surface area (Å²) in [5, 5.41) is 28.2. The van der Waals surface area contributed by atoms with Crippen LogP contribution in [-0.2, 0) is 4.74 Å². The molecule has 2 aromatic carbocycles. The second kappa shape index (κ2) is 8.78. The van der Waals surface area contributed by atoms with Gasteiger partial charge in [-0.3, -0.25) is 0 Å². The Morgan fingerprint density at radius 2 is 1.97 bits per heavy atom. The minimum absolute atomic E-state index is 0.00421. The largest absolute Gasteiger partial charge is 0.503 e. The van der Waals surface area contributed by atoms with E-state index in [9.17, 15) is 32.2 Å². The van der Waals surface area contributed by atoms with Gasteiger partial charge in [-0.25, -0.2) is 13.2 Å². The average molecular weight is 462 g/mol. The highest BCUT2D eigenvalue weighted by Crippen LogP contribution is 2.63. The number of ether oxygens (including phenoxy) is 2. The van der Waals surface area contributed by atoms with E-state index in [1.54, 1.807) is 6.07 Å². The number of benzene rings is 2. The van der Waals surface area contributed by atoms with Crippen LogP contribution in [0.4, 0.5) is 22.0 Å². The number of hydrogen-bond donors (Lipinski definition) is 3. The van der Waals surface area contributed by atoms with Gasteiger partial charge in [0.15, 0.2) is 11.5 Å². The average Bonchev–Trinajstić information content (AvgIpc) is 2.96. The summed E-state index contributed by atoms with van der Waals surface area (Å²) < 4.78 is 80.9. The van der Waals surface area contributed by atoms with Crippen molar-refractivity contribution in [3.8, 4) is 29.1 Å². The third kappa shape index (κ3) is 4.34. The van der Waals surface area contributed by atoms with E-state index >= 15 is 0 Å². The number of nitrogens with one attached hydrogen (secondary N) is 1. The maximum Gasteiger partial charge on any atom is 0.317 e. The quantitative estimate of drug-likeness (QED) is 0.309. The molecule has 3 N–H and O–H groups in total. The molecule has 0 saturated carbocycles. The normalized spacial score (nSPS) is 16.9. The molecule has 0 spiro atoms. The highest BCUT2D eigenvalue weighted by molar-refractivity contribution is 8.00. The zero-order valence-corrected chi connectivity index (χ0v) is 16.6. The highest BCUT2D eigenvalue weighted by atomic mass is 32.2. The van der Waals surface area contributed by atoms with Gasteiger partial charge in [0.05, 0.1) is 28.7 Å². The van der Waals surface area contributed by atoms with Crippen LogP contribution in [0.2, 0.25) is 0 Å². The number of aromatic hydroxyl groups is 2. The van der Waals surface area contributed by atoms with Gasteiger partial charge >= 0.3 is 5.25 Å². The molecule has 1 aliphatic heterocycles. The molecule has 1 unspecified atom stereocenters. The van der Waals surface area contributed by atoms with Crippen LogP contribution in [0.25, 0.3) is 0 Å². The Labute approximate surface area is 177 Å². The van der Waals surface area contributed by atoms with Crippen LogP contribution in [0.5, 0.6) is 23.0 Å². The van der Waals surface area contributed by atoms with Crippen LogP contribution < -0.4 is 10.1 Å². The Kier molecular flexibility index (Phi) is 6.49. The molecule has 0 radical (unpaired) electrons. The molecular weight excluding hydrogens is 447 g/mol. The maximum atomic E-state index is 14.6. The summed E-state index contributed by atoms with van der Waals surface area (Å²) in [5.74, 6) is -4.68. The number of fused-ring (bicyclic) bond motifs is 1. The van der Waals surface area contributed by atoms with Crippen LogP contribution in [0.15, 0.2) is 23.1 Å². The van der Waals surface area contributed by atoms with E-state index in [0.717, 1.165) is 18.2 Å². The second-order valence-electron chi connectivity index (χ2n) is 6.42. The lowest BCUT2D eigenvalue weighted by Gasteiger charge is -2.23. The summed E-state index contributed by atoms with van der Waals surface area (Å²) in [6, 6.07) is 2.29. The lowest BCUT2D eigenvalue weighted by Crippen LogP contribution is -2.34. The number of rotatable bonds is 7. The van der Waals surface area contributed by atoms with Gasteiger partial charge in [-0.15, -0.1) is 0 Å². The fourth-order valence-corrected chi connectivity index (χ4v) is 4.24. The van der Waals surface area contributed by atoms with E-state index in [-0.39, 0.29) is 30.5 Å². The predicted octanol–water partition coefficient (Wildman–Crippen LogP) is 4.81. The van der Waals surface area contributed by atoms with Gasteiger partial charge in [0.2, 0.25) is 5.75 Å². The van der Waals surface area contributed by atoms with Crippen LogP contribution in [-0.4, -0.2) is 35.7 Å². The topological polar surface area (TPSA) is 94.7 Å². The van der Waals surface area contributed by atoms with Gasteiger partial charge in [-0.05, 0) is 23.9 Å². The summed E-state index contributed by atoms with van der Waals surface area (Å²) in [6.45, 7) is -0.114. The Hall–Kier alpha value is -2.75. The molecule has 1 heterocycles. The first-order valence-electron chi connectivity index (χ1n) is 8.68. The first-order valence-corrected chi connectivity index (χ1v) is 9.49. The lowest BCUT2D eigenvalue weighted by molar-refractivity contribution is 0.0573. The number of alkyl halides is 4. The van der Waals surface area contributed by atoms with Gasteiger partial charge < -0.3 is 25.0 Å². The fraction of sp³-hybridized carbons (Fsp3) is 0.316. The standard InChI is InChI=1S/C19H15F5N2O4S/c1-29-3-2-26-17-12-11(18(21)22)15(13(27)14(28)16(12)31-19(17,23)24)30-10-5-8(7-25)4-9(20)6-10/h4-6,17-18,26-28H,2-3H2,1H3. The number of phenolic OH excluding ortho intramolecular Hbond substituents is 2. The summed E-state index contributed by atoms with van der Waals surface area (Å²) in [7, 11) is 1.33. The number of methoxy groups -OCH3 is 1. The lowest BCUT2D eigenvalue weighted by atomic mass is 9.98. The van der Waals surface area contributed by atoms with Crippen LogP contribution in [0.1, 0.15) is 29.2 Å². The number of halogens is 5. The summed E-state index contributed by atoms with van der Waals surface area (Å²) in [6.07, 6.45) is -3.40. The monoisotopic (exact) mass is 462 g/mol. The minimum atomic E-state index is -3.64. The number of nitriles is 1. The fourth-order valence-electron chi connectivity index (χ4n) is 3.12. The van der Waals surface area contributed by atoms with E-state index in [1.807, 2.05) is 0 Å². The molecule has 0 aromatic heterocycles. The molecule has 0 bridgehead atoms. The molecule has 1 aliphatic rings. The van der Waals surface area contributed by atoms with Crippen molar-refractivity contribution in [2.45, 2.75) is 22.6 Å². The molecule has 12 heteroatoms. The van der Waals surface area contributed by atoms with Crippen molar-refractivity contribution in [1.82, 2.24) is 5.32 Å². The number of nitrogens with zero attached hydrogens (tertiary/aromatic N) is 1. The molecule has 2 aromatic rings. The SMILES string of the molecule is COCCNC1c2c(c(O)c(O)c(Oc3cc(F)cc(C#N)c3)c2C(F)F)SC1(F)F. The maximum absolute atomic E-state index is 14.6. The van der Waals surface area contributed by atoms with Gasteiger partial charge in [0, 0.05) is 25.3 Å². The molecule has 0 fully saturated rings. The minimum Gasteiger partial charge on any atom is -0.503 e. The number of thioether (sulfide) groups is 1. The molecule has 31 heavy (non-hydrogen) atoms. The Balaban J connectivity index is 2.18.